The normalized spacial score (nSPS) is 55.3. The van der Waals surface area contributed by atoms with Crippen molar-refractivity contribution in [3.05, 3.63) is 0 Å². The van der Waals surface area contributed by atoms with Crippen LogP contribution in [0.25, 0.3) is 0 Å². The monoisotopic (exact) mass is 124 g/mol. The quantitative estimate of drug-likeness (QED) is 0.465. The van der Waals surface area contributed by atoms with E-state index in [9.17, 15) is 0 Å². The van der Waals surface area contributed by atoms with Crippen LogP contribution >= 0.6 is 0 Å². The highest BCUT2D eigenvalue weighted by Gasteiger charge is 2.50. The summed E-state index contributed by atoms with van der Waals surface area (Å²) in [5.41, 5.74) is 0. The minimum absolute atomic E-state index is 0.817. The second-order valence-corrected chi connectivity index (χ2v) is 3.48. The number of rotatable bonds is 0. The van der Waals surface area contributed by atoms with Crippen LogP contribution < -0.4 is 5.32 Å². The van der Waals surface area contributed by atoms with E-state index in [0.29, 0.717) is 0 Å². The lowest BCUT2D eigenvalue weighted by Crippen LogP contribution is -2.52. The molecule has 0 aromatic carbocycles. The first-order valence-electron chi connectivity index (χ1n) is 3.97. The summed E-state index contributed by atoms with van der Waals surface area (Å²) in [5.74, 6) is 0. The molecule has 0 amide bonds. The predicted molar refractivity (Wildman–Crippen MR) is 35.1 cm³/mol. The highest BCUT2D eigenvalue weighted by Crippen LogP contribution is 2.37. The number of fused-ring (bicyclic) bond motifs is 3. The van der Waals surface area contributed by atoms with Gasteiger partial charge in [0.15, 0.2) is 0 Å². The Morgan fingerprint density at radius 3 is 2.89 bits per heavy atom. The van der Waals surface area contributed by atoms with Gasteiger partial charge in [-0.15, -0.1) is 0 Å². The summed E-state index contributed by atoms with van der Waals surface area (Å²) >= 11 is 0. The number of hydrogen-bond acceptors (Lipinski definition) is 2. The molecule has 3 saturated heterocycles. The Bertz CT molecular complexity index is 144. The smallest absolute Gasteiger partial charge is 0.0761 e. The maximum absolute atomic E-state index is 3.49. The summed E-state index contributed by atoms with van der Waals surface area (Å²) in [6.07, 6.45) is 5.17. The molecule has 0 radical (unpaired) electrons. The summed E-state index contributed by atoms with van der Waals surface area (Å²) < 4.78 is 0. The molecule has 3 fully saturated rings. The molecule has 2 nitrogen and oxygen atoms in total. The molecule has 0 saturated carbocycles. The fourth-order valence-electron chi connectivity index (χ4n) is 2.24. The van der Waals surface area contributed by atoms with Gasteiger partial charge in [-0.3, -0.25) is 10.2 Å². The van der Waals surface area contributed by atoms with Crippen LogP contribution in [0, 0.1) is 0 Å². The third-order valence-corrected chi connectivity index (χ3v) is 3.01. The van der Waals surface area contributed by atoms with E-state index in [2.05, 4.69) is 10.2 Å². The second-order valence-electron chi connectivity index (χ2n) is 3.48. The first-order valence-corrected chi connectivity index (χ1v) is 3.97. The van der Waals surface area contributed by atoms with E-state index in [4.69, 9.17) is 0 Å². The van der Waals surface area contributed by atoms with Crippen LogP contribution in [-0.2, 0) is 0 Å². The fourth-order valence-corrected chi connectivity index (χ4v) is 2.24. The lowest BCUT2D eigenvalue weighted by atomic mass is 9.92. The van der Waals surface area contributed by atoms with E-state index in [1.54, 1.807) is 0 Å². The first-order chi connectivity index (χ1) is 4.45. The lowest BCUT2D eigenvalue weighted by Gasteiger charge is -2.43. The van der Waals surface area contributed by atoms with E-state index >= 15 is 0 Å². The Hall–Kier alpha value is -0.0800. The highest BCUT2D eigenvalue weighted by molar-refractivity contribution is 5.07. The zero-order valence-corrected chi connectivity index (χ0v) is 5.51. The topological polar surface area (TPSA) is 25.2 Å². The maximum Gasteiger partial charge on any atom is 0.0761 e. The minimum atomic E-state index is 0.817. The Morgan fingerprint density at radius 1 is 1.22 bits per heavy atom. The van der Waals surface area contributed by atoms with Crippen LogP contribution in [0.5, 0.6) is 0 Å². The van der Waals surface area contributed by atoms with Crippen LogP contribution in [0.1, 0.15) is 19.3 Å². The average Bonchev–Trinajstić information content (AvgIpc) is 2.43. The molecule has 3 aliphatic heterocycles. The molecule has 50 valence electrons. The molecule has 1 N–H and O–H groups in total. The van der Waals surface area contributed by atoms with Gasteiger partial charge >= 0.3 is 0 Å². The van der Waals surface area contributed by atoms with Crippen molar-refractivity contribution in [2.75, 3.05) is 6.54 Å². The summed E-state index contributed by atoms with van der Waals surface area (Å²) in [5, 5.41) is 3.49. The van der Waals surface area contributed by atoms with Crippen molar-refractivity contribution in [3.63, 3.8) is 0 Å². The van der Waals surface area contributed by atoms with Gasteiger partial charge in [0.2, 0.25) is 0 Å². The number of nitrogens with zero attached hydrogens (tertiary/aromatic N) is 1. The van der Waals surface area contributed by atoms with Gasteiger partial charge in [0, 0.05) is 18.6 Å². The van der Waals surface area contributed by atoms with E-state index in [0.717, 1.165) is 18.2 Å². The SMILES string of the molecule is C1C[C@@H]2N[C@H]2N2CC[C@@H]12. The standard InChI is InChI=1S/C7H12N2/c1-2-6-7(8-6)9-4-3-5(1)9/h5-8H,1-4H2/t5-,6+,7+/m1/s1. The Balaban J connectivity index is 1.82. The van der Waals surface area contributed by atoms with Gasteiger partial charge in [-0.05, 0) is 19.3 Å². The molecule has 3 heterocycles. The zero-order chi connectivity index (χ0) is 5.84. The lowest BCUT2D eigenvalue weighted by molar-refractivity contribution is 0.0516. The first kappa shape index (κ1) is 4.69. The van der Waals surface area contributed by atoms with Crippen molar-refractivity contribution in [3.8, 4) is 0 Å². The van der Waals surface area contributed by atoms with Gasteiger partial charge in [0.05, 0.1) is 6.17 Å². The molecule has 0 bridgehead atoms. The van der Waals surface area contributed by atoms with Crippen LogP contribution in [0.4, 0.5) is 0 Å². The zero-order valence-electron chi connectivity index (χ0n) is 5.51. The molecule has 3 aliphatic rings. The molecule has 0 aromatic heterocycles. The molecule has 2 heteroatoms. The van der Waals surface area contributed by atoms with Crippen LogP contribution in [-0.4, -0.2) is 29.7 Å². The second kappa shape index (κ2) is 1.32. The summed E-state index contributed by atoms with van der Waals surface area (Å²) in [7, 11) is 0. The number of hydrogen-bond donors (Lipinski definition) is 1. The van der Waals surface area contributed by atoms with Crippen LogP contribution in [0.3, 0.4) is 0 Å². The molecule has 0 spiro atoms. The fraction of sp³-hybridized carbons (Fsp3) is 1.00. The summed E-state index contributed by atoms with van der Waals surface area (Å²) in [6, 6.07) is 1.86. The minimum Gasteiger partial charge on any atom is -0.295 e. The van der Waals surface area contributed by atoms with Crippen molar-refractivity contribution in [1.82, 2.24) is 10.2 Å². The van der Waals surface area contributed by atoms with Crippen LogP contribution in [0.2, 0.25) is 0 Å². The summed E-state index contributed by atoms with van der Waals surface area (Å²) in [6.45, 7) is 1.36. The molecule has 3 rings (SSSR count). The molecule has 0 aromatic rings. The van der Waals surface area contributed by atoms with E-state index in [1.807, 2.05) is 0 Å². The van der Waals surface area contributed by atoms with Gasteiger partial charge in [-0.1, -0.05) is 0 Å². The van der Waals surface area contributed by atoms with Crippen molar-refractivity contribution < 1.29 is 0 Å². The van der Waals surface area contributed by atoms with Crippen molar-refractivity contribution >= 4 is 0 Å². The predicted octanol–water partition coefficient (Wildman–Crippen LogP) is 0.152. The molecule has 0 unspecified atom stereocenters. The Kier molecular flexibility index (Phi) is 0.691. The molecule has 3 atom stereocenters. The van der Waals surface area contributed by atoms with Gasteiger partial charge in [0.25, 0.3) is 0 Å². The molecule has 9 heavy (non-hydrogen) atoms. The average molecular weight is 124 g/mol. The largest absolute Gasteiger partial charge is 0.295 e. The van der Waals surface area contributed by atoms with E-state index < -0.39 is 0 Å². The van der Waals surface area contributed by atoms with Crippen molar-refractivity contribution in [2.45, 2.75) is 37.5 Å². The third-order valence-electron chi connectivity index (χ3n) is 3.01. The van der Waals surface area contributed by atoms with Gasteiger partial charge in [0.1, 0.15) is 0 Å². The number of piperidine rings is 1. The highest BCUT2D eigenvalue weighted by atomic mass is 15.4. The third kappa shape index (κ3) is 0.485. The maximum atomic E-state index is 3.49. The van der Waals surface area contributed by atoms with Crippen LogP contribution in [0.15, 0.2) is 0 Å². The number of nitrogens with one attached hydrogen (secondary N) is 1. The van der Waals surface area contributed by atoms with E-state index in [1.165, 1.54) is 25.8 Å². The van der Waals surface area contributed by atoms with Gasteiger partial charge in [-0.25, -0.2) is 0 Å². The molecule has 0 aliphatic carbocycles. The Labute approximate surface area is 55.2 Å². The summed E-state index contributed by atoms with van der Waals surface area (Å²) in [4.78, 5) is 2.62. The Morgan fingerprint density at radius 2 is 2.22 bits per heavy atom. The molecular formula is C7H12N2. The van der Waals surface area contributed by atoms with Crippen molar-refractivity contribution in [2.24, 2.45) is 0 Å². The van der Waals surface area contributed by atoms with Gasteiger partial charge < -0.3 is 0 Å². The van der Waals surface area contributed by atoms with Crippen molar-refractivity contribution in [1.29, 1.82) is 0 Å². The van der Waals surface area contributed by atoms with Gasteiger partial charge in [-0.2, -0.15) is 0 Å². The van der Waals surface area contributed by atoms with E-state index in [-0.39, 0.29) is 0 Å². The molecular weight excluding hydrogens is 112 g/mol.